The molecule has 10 heteroatoms. The summed E-state index contributed by atoms with van der Waals surface area (Å²) >= 11 is 0. The predicted octanol–water partition coefficient (Wildman–Crippen LogP) is 3.08. The van der Waals surface area contributed by atoms with Crippen LogP contribution in [0.1, 0.15) is 38.8 Å². The van der Waals surface area contributed by atoms with E-state index < -0.39 is 40.1 Å². The van der Waals surface area contributed by atoms with Gasteiger partial charge in [0.25, 0.3) is 0 Å². The van der Waals surface area contributed by atoms with Gasteiger partial charge in [-0.25, -0.2) is 8.70 Å². The Morgan fingerprint density at radius 3 is 2.17 bits per heavy atom. The summed E-state index contributed by atoms with van der Waals surface area (Å²) < 4.78 is 41.5. The average molecular weight is 507 g/mol. The molecule has 0 aliphatic heterocycles. The van der Waals surface area contributed by atoms with Crippen molar-refractivity contribution in [2.45, 2.75) is 52.7 Å². The molecule has 0 aromatic heterocycles. The predicted molar refractivity (Wildman–Crippen MR) is 135 cm³/mol. The molecule has 2 amide bonds. The zero-order valence-electron chi connectivity index (χ0n) is 21.4. The Bertz CT molecular complexity index is 1140. The van der Waals surface area contributed by atoms with Gasteiger partial charge in [0.2, 0.25) is 11.8 Å². The van der Waals surface area contributed by atoms with Gasteiger partial charge in [0, 0.05) is 26.2 Å². The summed E-state index contributed by atoms with van der Waals surface area (Å²) in [7, 11) is -1.40. The fraction of sp³-hybridized carbons (Fsp3) is 0.440. The molecule has 0 spiro atoms. The molecule has 1 N–H and O–H groups in total. The molecule has 0 aliphatic rings. The monoisotopic (exact) mass is 506 g/mol. The van der Waals surface area contributed by atoms with E-state index in [1.54, 1.807) is 6.92 Å². The number of rotatable bonds is 9. The fourth-order valence-electron chi connectivity index (χ4n) is 3.39. The molecule has 1 unspecified atom stereocenters. The number of amides is 2. The van der Waals surface area contributed by atoms with Gasteiger partial charge in [-0.15, -0.1) is 0 Å². The molecular formula is C25H35FN4O4S. The highest BCUT2D eigenvalue weighted by molar-refractivity contribution is 7.90. The van der Waals surface area contributed by atoms with Crippen LogP contribution in [0.15, 0.2) is 48.5 Å². The minimum absolute atomic E-state index is 0.110. The average Bonchev–Trinajstić information content (AvgIpc) is 2.74. The molecule has 0 radical (unpaired) electrons. The van der Waals surface area contributed by atoms with Gasteiger partial charge in [-0.3, -0.25) is 9.59 Å². The summed E-state index contributed by atoms with van der Waals surface area (Å²) in [6.45, 7) is 8.59. The van der Waals surface area contributed by atoms with E-state index in [9.17, 15) is 22.4 Å². The first-order valence-electron chi connectivity index (χ1n) is 11.2. The molecule has 8 nitrogen and oxygen atoms in total. The van der Waals surface area contributed by atoms with Crippen LogP contribution in [0.5, 0.6) is 0 Å². The van der Waals surface area contributed by atoms with Gasteiger partial charge in [-0.1, -0.05) is 29.8 Å². The third-order valence-corrected chi connectivity index (χ3v) is 7.05. The first-order chi connectivity index (χ1) is 16.1. The summed E-state index contributed by atoms with van der Waals surface area (Å²) in [5, 5.41) is 2.88. The first-order valence-corrected chi connectivity index (χ1v) is 12.6. The Kier molecular flexibility index (Phi) is 9.02. The van der Waals surface area contributed by atoms with E-state index in [2.05, 4.69) is 5.32 Å². The van der Waals surface area contributed by atoms with Gasteiger partial charge in [0.05, 0.1) is 5.69 Å². The van der Waals surface area contributed by atoms with Crippen LogP contribution in [0.4, 0.5) is 10.1 Å². The maximum Gasteiger partial charge on any atom is 0.304 e. The third-order valence-electron chi connectivity index (χ3n) is 5.23. The van der Waals surface area contributed by atoms with Gasteiger partial charge in [-0.2, -0.15) is 12.7 Å². The van der Waals surface area contributed by atoms with Crippen molar-refractivity contribution in [3.05, 3.63) is 65.5 Å². The number of halogens is 1. The number of carbonyl (C=O) groups excluding carboxylic acids is 2. The fourth-order valence-corrected chi connectivity index (χ4v) is 4.44. The van der Waals surface area contributed by atoms with Crippen LogP contribution >= 0.6 is 0 Å². The van der Waals surface area contributed by atoms with Crippen LogP contribution in [0.25, 0.3) is 0 Å². The Morgan fingerprint density at radius 1 is 1.06 bits per heavy atom. The topological polar surface area (TPSA) is 90.0 Å². The maximum absolute atomic E-state index is 13.6. The molecule has 2 rings (SSSR count). The van der Waals surface area contributed by atoms with Crippen molar-refractivity contribution in [1.29, 1.82) is 0 Å². The van der Waals surface area contributed by atoms with Crippen LogP contribution in [0, 0.1) is 12.7 Å². The largest absolute Gasteiger partial charge is 0.350 e. The second kappa shape index (κ2) is 11.2. The quantitative estimate of drug-likeness (QED) is 0.566. The molecule has 0 bridgehead atoms. The first kappa shape index (κ1) is 28.3. The Balaban J connectivity index is 2.46. The number of hydrogen-bond acceptors (Lipinski definition) is 4. The van der Waals surface area contributed by atoms with Gasteiger partial charge in [0.1, 0.15) is 18.4 Å². The van der Waals surface area contributed by atoms with E-state index in [0.717, 1.165) is 31.9 Å². The van der Waals surface area contributed by atoms with E-state index in [1.165, 1.54) is 31.1 Å². The molecule has 35 heavy (non-hydrogen) atoms. The minimum atomic E-state index is -4.09. The number of anilines is 1. The van der Waals surface area contributed by atoms with Gasteiger partial charge >= 0.3 is 10.2 Å². The molecule has 0 saturated heterocycles. The van der Waals surface area contributed by atoms with Crippen molar-refractivity contribution in [3.63, 3.8) is 0 Å². The van der Waals surface area contributed by atoms with E-state index in [1.807, 2.05) is 52.0 Å². The highest BCUT2D eigenvalue weighted by Crippen LogP contribution is 2.21. The molecule has 0 fully saturated rings. The van der Waals surface area contributed by atoms with E-state index in [4.69, 9.17) is 0 Å². The van der Waals surface area contributed by atoms with Crippen LogP contribution < -0.4 is 9.62 Å². The molecule has 2 aromatic rings. The number of benzene rings is 2. The van der Waals surface area contributed by atoms with Crippen molar-refractivity contribution >= 4 is 27.7 Å². The van der Waals surface area contributed by atoms with Crippen molar-refractivity contribution in [3.8, 4) is 0 Å². The maximum atomic E-state index is 13.6. The molecule has 1 atom stereocenters. The zero-order valence-corrected chi connectivity index (χ0v) is 22.2. The van der Waals surface area contributed by atoms with Crippen LogP contribution in [-0.4, -0.2) is 61.7 Å². The van der Waals surface area contributed by atoms with Gasteiger partial charge in [0.15, 0.2) is 0 Å². The van der Waals surface area contributed by atoms with Gasteiger partial charge in [-0.05, 0) is 64.4 Å². The Morgan fingerprint density at radius 2 is 1.66 bits per heavy atom. The molecule has 0 saturated carbocycles. The molecule has 192 valence electrons. The third kappa shape index (κ3) is 7.76. The van der Waals surface area contributed by atoms with Crippen molar-refractivity contribution in [1.82, 2.24) is 14.5 Å². The highest BCUT2D eigenvalue weighted by atomic mass is 32.2. The highest BCUT2D eigenvalue weighted by Gasteiger charge is 2.33. The number of nitrogens with one attached hydrogen (secondary N) is 1. The lowest BCUT2D eigenvalue weighted by Gasteiger charge is -2.34. The normalized spacial score (nSPS) is 12.8. The van der Waals surface area contributed by atoms with Crippen molar-refractivity contribution in [2.24, 2.45) is 0 Å². The molecule has 0 heterocycles. The van der Waals surface area contributed by atoms with E-state index in [-0.39, 0.29) is 18.1 Å². The lowest BCUT2D eigenvalue weighted by atomic mass is 10.1. The SMILES string of the molecule is Cc1cccc(CN(C(=O)CN(c2ccc(F)cc2)S(=O)(=O)N(C)C)C(C)C(=O)NC(C)(C)C)c1. The van der Waals surface area contributed by atoms with E-state index >= 15 is 0 Å². The summed E-state index contributed by atoms with van der Waals surface area (Å²) in [4.78, 5) is 27.9. The Hall–Kier alpha value is -2.98. The van der Waals surface area contributed by atoms with E-state index in [0.29, 0.717) is 0 Å². The smallest absolute Gasteiger partial charge is 0.304 e. The molecular weight excluding hydrogens is 471 g/mol. The number of aryl methyl sites for hydroxylation is 1. The van der Waals surface area contributed by atoms with Crippen molar-refractivity contribution in [2.75, 3.05) is 24.9 Å². The van der Waals surface area contributed by atoms with Crippen LogP contribution in [0.3, 0.4) is 0 Å². The second-order valence-electron chi connectivity index (χ2n) is 9.70. The Labute approximate surface area is 207 Å². The molecule has 2 aromatic carbocycles. The van der Waals surface area contributed by atoms with Crippen molar-refractivity contribution < 1.29 is 22.4 Å². The lowest BCUT2D eigenvalue weighted by Crippen LogP contribution is -2.54. The van der Waals surface area contributed by atoms with Crippen LogP contribution in [0.2, 0.25) is 0 Å². The van der Waals surface area contributed by atoms with Crippen LogP contribution in [-0.2, 0) is 26.3 Å². The summed E-state index contributed by atoms with van der Waals surface area (Å²) in [5.41, 5.74) is 1.41. The zero-order chi connectivity index (χ0) is 26.6. The summed E-state index contributed by atoms with van der Waals surface area (Å²) in [5.74, 6) is -1.46. The summed E-state index contributed by atoms with van der Waals surface area (Å²) in [6, 6.07) is 11.5. The minimum Gasteiger partial charge on any atom is -0.350 e. The van der Waals surface area contributed by atoms with Gasteiger partial charge < -0.3 is 10.2 Å². The number of hydrogen-bond donors (Lipinski definition) is 1. The lowest BCUT2D eigenvalue weighted by molar-refractivity contribution is -0.140. The summed E-state index contributed by atoms with van der Waals surface area (Å²) in [6.07, 6.45) is 0. The molecule has 0 aliphatic carbocycles. The second-order valence-corrected chi connectivity index (χ2v) is 11.8. The number of carbonyl (C=O) groups is 2. The standard InChI is InChI=1S/C25H35FN4O4S/c1-18-9-8-10-20(15-18)16-29(19(2)24(32)27-25(3,4)5)23(31)17-30(35(33,34)28(6)7)22-13-11-21(26)12-14-22/h8-15,19H,16-17H2,1-7H3,(H,27,32). The number of nitrogens with zero attached hydrogens (tertiary/aromatic N) is 3.